The van der Waals surface area contributed by atoms with Gasteiger partial charge in [-0.25, -0.2) is 0 Å². The third-order valence-corrected chi connectivity index (χ3v) is 3.72. The number of nitrogens with one attached hydrogen (secondary N) is 2. The third kappa shape index (κ3) is 2.27. The number of amides is 1. The molecule has 0 saturated heterocycles. The maximum absolute atomic E-state index is 12.3. The summed E-state index contributed by atoms with van der Waals surface area (Å²) in [6.45, 7) is 3.14. The molecule has 5 nitrogen and oxygen atoms in total. The van der Waals surface area contributed by atoms with Gasteiger partial charge in [0.25, 0.3) is 0 Å². The van der Waals surface area contributed by atoms with Gasteiger partial charge < -0.3 is 10.6 Å². The molecule has 1 aliphatic rings. The summed E-state index contributed by atoms with van der Waals surface area (Å²) in [5.41, 5.74) is 4.15. The number of anilines is 1. The minimum Gasteiger partial charge on any atom is -0.384 e. The highest BCUT2D eigenvalue weighted by molar-refractivity contribution is 5.88. The second-order valence-corrected chi connectivity index (χ2v) is 5.15. The standard InChI is InChI=1S/C15H18N4O/c1-10-11(9-19(2)18-10)7-17-15(20)13-8-16-14-6-4-3-5-12(13)14/h3-6,9,13,16H,7-8H2,1-2H3,(H,17,20). The highest BCUT2D eigenvalue weighted by atomic mass is 16.1. The van der Waals surface area contributed by atoms with Gasteiger partial charge in [0.1, 0.15) is 0 Å². The van der Waals surface area contributed by atoms with Crippen molar-refractivity contribution in [1.82, 2.24) is 15.1 Å². The Bertz CT molecular complexity index is 647. The van der Waals surface area contributed by atoms with Crippen molar-refractivity contribution in [3.63, 3.8) is 0 Å². The molecule has 3 rings (SSSR count). The summed E-state index contributed by atoms with van der Waals surface area (Å²) in [6, 6.07) is 7.96. The first-order valence-corrected chi connectivity index (χ1v) is 6.75. The normalized spacial score (nSPS) is 16.6. The van der Waals surface area contributed by atoms with Crippen LogP contribution < -0.4 is 10.6 Å². The molecule has 1 atom stereocenters. The van der Waals surface area contributed by atoms with Gasteiger partial charge in [-0.15, -0.1) is 0 Å². The predicted molar refractivity (Wildman–Crippen MR) is 77.5 cm³/mol. The van der Waals surface area contributed by atoms with Crippen molar-refractivity contribution in [1.29, 1.82) is 0 Å². The summed E-state index contributed by atoms with van der Waals surface area (Å²) in [4.78, 5) is 12.3. The van der Waals surface area contributed by atoms with Crippen LogP contribution in [0.3, 0.4) is 0 Å². The van der Waals surface area contributed by atoms with E-state index in [1.165, 1.54) is 0 Å². The molecule has 2 N–H and O–H groups in total. The lowest BCUT2D eigenvalue weighted by atomic mass is 10.0. The number of carbonyl (C=O) groups excluding carboxylic acids is 1. The Hall–Kier alpha value is -2.30. The van der Waals surface area contributed by atoms with Crippen molar-refractivity contribution in [2.45, 2.75) is 19.4 Å². The van der Waals surface area contributed by atoms with Crippen LogP contribution in [0.4, 0.5) is 5.69 Å². The molecule has 1 unspecified atom stereocenters. The molecule has 0 bridgehead atoms. The smallest absolute Gasteiger partial charge is 0.229 e. The molecule has 1 aromatic heterocycles. The molecule has 0 aliphatic carbocycles. The number of aryl methyl sites for hydroxylation is 2. The highest BCUT2D eigenvalue weighted by Gasteiger charge is 2.27. The zero-order valence-electron chi connectivity index (χ0n) is 11.7. The molecule has 5 heteroatoms. The van der Waals surface area contributed by atoms with Crippen LogP contribution in [-0.4, -0.2) is 22.2 Å². The van der Waals surface area contributed by atoms with Gasteiger partial charge in [0.2, 0.25) is 5.91 Å². The number of hydrogen-bond donors (Lipinski definition) is 2. The Morgan fingerprint density at radius 1 is 1.50 bits per heavy atom. The van der Waals surface area contributed by atoms with E-state index in [1.807, 2.05) is 44.4 Å². The molecule has 0 radical (unpaired) electrons. The van der Waals surface area contributed by atoms with E-state index >= 15 is 0 Å². The number of carbonyl (C=O) groups is 1. The Kier molecular flexibility index (Phi) is 3.18. The quantitative estimate of drug-likeness (QED) is 0.889. The van der Waals surface area contributed by atoms with Crippen LogP contribution >= 0.6 is 0 Å². The third-order valence-electron chi connectivity index (χ3n) is 3.72. The minimum atomic E-state index is -0.108. The van der Waals surface area contributed by atoms with Crippen LogP contribution in [0.15, 0.2) is 30.5 Å². The van der Waals surface area contributed by atoms with E-state index < -0.39 is 0 Å². The Morgan fingerprint density at radius 2 is 2.30 bits per heavy atom. The van der Waals surface area contributed by atoms with Gasteiger partial charge >= 0.3 is 0 Å². The molecular weight excluding hydrogens is 252 g/mol. The molecule has 104 valence electrons. The first-order chi connectivity index (χ1) is 9.65. The lowest BCUT2D eigenvalue weighted by Gasteiger charge is -2.10. The average Bonchev–Trinajstić information content (AvgIpc) is 2.99. The van der Waals surface area contributed by atoms with Crippen molar-refractivity contribution in [3.05, 3.63) is 47.3 Å². The molecule has 0 saturated carbocycles. The van der Waals surface area contributed by atoms with Gasteiger partial charge in [-0.05, 0) is 18.6 Å². The van der Waals surface area contributed by atoms with Crippen molar-refractivity contribution < 1.29 is 4.79 Å². The summed E-state index contributed by atoms with van der Waals surface area (Å²) in [5.74, 6) is -0.0473. The lowest BCUT2D eigenvalue weighted by Crippen LogP contribution is -2.30. The monoisotopic (exact) mass is 270 g/mol. The van der Waals surface area contributed by atoms with E-state index in [2.05, 4.69) is 15.7 Å². The van der Waals surface area contributed by atoms with E-state index in [9.17, 15) is 4.79 Å². The summed E-state index contributed by atoms with van der Waals surface area (Å²) in [6.07, 6.45) is 1.94. The van der Waals surface area contributed by atoms with Crippen molar-refractivity contribution in [2.24, 2.45) is 7.05 Å². The summed E-state index contributed by atoms with van der Waals surface area (Å²) in [5, 5.41) is 10.5. The average molecular weight is 270 g/mol. The van der Waals surface area contributed by atoms with Crippen LogP contribution in [0.2, 0.25) is 0 Å². The van der Waals surface area contributed by atoms with Gasteiger partial charge in [0, 0.05) is 37.6 Å². The van der Waals surface area contributed by atoms with Crippen molar-refractivity contribution in [2.75, 3.05) is 11.9 Å². The molecule has 1 amide bonds. The number of nitrogens with zero attached hydrogens (tertiary/aromatic N) is 2. The fraction of sp³-hybridized carbons (Fsp3) is 0.333. The Balaban J connectivity index is 1.68. The van der Waals surface area contributed by atoms with Gasteiger partial charge in [-0.1, -0.05) is 18.2 Å². The zero-order valence-corrected chi connectivity index (χ0v) is 11.7. The minimum absolute atomic E-state index is 0.0608. The van der Waals surface area contributed by atoms with E-state index in [-0.39, 0.29) is 11.8 Å². The Morgan fingerprint density at radius 3 is 3.05 bits per heavy atom. The lowest BCUT2D eigenvalue weighted by molar-refractivity contribution is -0.122. The van der Waals surface area contributed by atoms with E-state index in [1.54, 1.807) is 4.68 Å². The van der Waals surface area contributed by atoms with E-state index in [0.717, 1.165) is 22.5 Å². The SMILES string of the molecule is Cc1nn(C)cc1CNC(=O)C1CNc2ccccc21. The van der Waals surface area contributed by atoms with E-state index in [4.69, 9.17) is 0 Å². The first kappa shape index (κ1) is 12.7. The number of rotatable bonds is 3. The second-order valence-electron chi connectivity index (χ2n) is 5.15. The van der Waals surface area contributed by atoms with Crippen LogP contribution in [0.1, 0.15) is 22.7 Å². The summed E-state index contributed by atoms with van der Waals surface area (Å²) >= 11 is 0. The van der Waals surface area contributed by atoms with Crippen LogP contribution in [0, 0.1) is 6.92 Å². The Labute approximate surface area is 118 Å². The zero-order chi connectivity index (χ0) is 14.1. The maximum atomic E-state index is 12.3. The van der Waals surface area contributed by atoms with Crippen molar-refractivity contribution >= 4 is 11.6 Å². The molecule has 20 heavy (non-hydrogen) atoms. The summed E-state index contributed by atoms with van der Waals surface area (Å²) in [7, 11) is 1.88. The molecule has 0 spiro atoms. The largest absolute Gasteiger partial charge is 0.384 e. The van der Waals surface area contributed by atoms with Gasteiger partial charge in [-0.2, -0.15) is 5.10 Å². The second kappa shape index (κ2) is 5.00. The topological polar surface area (TPSA) is 59.0 Å². The van der Waals surface area contributed by atoms with Gasteiger partial charge in [0.05, 0.1) is 11.6 Å². The molecule has 0 fully saturated rings. The van der Waals surface area contributed by atoms with Crippen LogP contribution in [0.5, 0.6) is 0 Å². The molecule has 2 heterocycles. The number of para-hydroxylation sites is 1. The number of fused-ring (bicyclic) bond motifs is 1. The fourth-order valence-electron chi connectivity index (χ4n) is 2.65. The molecular formula is C15H18N4O. The van der Waals surface area contributed by atoms with E-state index in [0.29, 0.717) is 13.1 Å². The molecule has 1 aromatic carbocycles. The molecule has 1 aliphatic heterocycles. The maximum Gasteiger partial charge on any atom is 0.229 e. The van der Waals surface area contributed by atoms with Gasteiger partial charge in [0.15, 0.2) is 0 Å². The van der Waals surface area contributed by atoms with Crippen molar-refractivity contribution in [3.8, 4) is 0 Å². The fourth-order valence-corrected chi connectivity index (χ4v) is 2.65. The number of hydrogen-bond acceptors (Lipinski definition) is 3. The first-order valence-electron chi connectivity index (χ1n) is 6.75. The highest BCUT2D eigenvalue weighted by Crippen LogP contribution is 2.30. The number of aromatic nitrogens is 2. The summed E-state index contributed by atoms with van der Waals surface area (Å²) < 4.78 is 1.77. The van der Waals surface area contributed by atoms with Gasteiger partial charge in [-0.3, -0.25) is 9.48 Å². The molecule has 2 aromatic rings. The van der Waals surface area contributed by atoms with Crippen LogP contribution in [0.25, 0.3) is 0 Å². The van der Waals surface area contributed by atoms with Crippen LogP contribution in [-0.2, 0) is 18.4 Å². The number of benzene rings is 1. The predicted octanol–water partition coefficient (Wildman–Crippen LogP) is 1.55.